The number of allylic oxidation sites excluding steroid dienone is 1. The monoisotopic (exact) mass is 217 g/mol. The molecule has 1 heteroatoms. The van der Waals surface area contributed by atoms with Gasteiger partial charge in [0, 0.05) is 19.3 Å². The van der Waals surface area contributed by atoms with Gasteiger partial charge in [0.1, 0.15) is 0 Å². The fourth-order valence-corrected chi connectivity index (χ4v) is 1.65. The van der Waals surface area contributed by atoms with Gasteiger partial charge in [0.05, 0.1) is 0 Å². The van der Waals surface area contributed by atoms with Gasteiger partial charge in [-0.15, -0.1) is 0 Å². The Morgan fingerprint density at radius 1 is 1.06 bits per heavy atom. The lowest BCUT2D eigenvalue weighted by Crippen LogP contribution is -2.16. The smallest absolute Gasteiger partial charge is 0.0366 e. The van der Waals surface area contributed by atoms with Crippen molar-refractivity contribution in [3.63, 3.8) is 0 Å². The van der Waals surface area contributed by atoms with E-state index in [1.165, 1.54) is 31.4 Å². The topological polar surface area (TPSA) is 3.24 Å². The van der Waals surface area contributed by atoms with Crippen LogP contribution >= 0.6 is 0 Å². The highest BCUT2D eigenvalue weighted by Crippen LogP contribution is 2.10. The maximum Gasteiger partial charge on any atom is 0.0366 e. The van der Waals surface area contributed by atoms with Gasteiger partial charge in [-0.25, -0.2) is 0 Å². The quantitative estimate of drug-likeness (QED) is 0.487. The molecule has 0 aromatic heterocycles. The van der Waals surface area contributed by atoms with Crippen LogP contribution < -0.4 is 4.90 Å². The number of unbranched alkanes of at least 4 members (excludes halogenated alkanes) is 3. The molecule has 0 atom stereocenters. The summed E-state index contributed by atoms with van der Waals surface area (Å²) in [5.74, 6) is 0. The molecule has 0 N–H and O–H groups in total. The molecular formula is C15H23N. The second-order valence-corrected chi connectivity index (χ2v) is 4.18. The van der Waals surface area contributed by atoms with Crippen molar-refractivity contribution in [2.24, 2.45) is 0 Å². The van der Waals surface area contributed by atoms with Gasteiger partial charge >= 0.3 is 0 Å². The van der Waals surface area contributed by atoms with E-state index in [-0.39, 0.29) is 0 Å². The second-order valence-electron chi connectivity index (χ2n) is 4.18. The van der Waals surface area contributed by atoms with Crippen LogP contribution in [-0.4, -0.2) is 13.6 Å². The number of likely N-dealkylation sites (N-methyl/N-ethyl adjacent to an activating group) is 1. The summed E-state index contributed by atoms with van der Waals surface area (Å²) in [7, 11) is 2.13. The van der Waals surface area contributed by atoms with E-state index < -0.39 is 0 Å². The molecule has 0 heterocycles. The van der Waals surface area contributed by atoms with Crippen LogP contribution in [0.15, 0.2) is 42.5 Å². The molecule has 0 saturated heterocycles. The number of rotatable bonds is 7. The number of nitrogens with zero attached hydrogens (tertiary/aromatic N) is 1. The average Bonchev–Trinajstić information content (AvgIpc) is 2.34. The van der Waals surface area contributed by atoms with Crippen LogP contribution in [0.25, 0.3) is 0 Å². The average molecular weight is 217 g/mol. The van der Waals surface area contributed by atoms with Crippen LogP contribution in [0, 0.1) is 0 Å². The molecular weight excluding hydrogens is 194 g/mol. The third kappa shape index (κ3) is 5.01. The van der Waals surface area contributed by atoms with E-state index in [1.807, 2.05) is 0 Å². The SMILES string of the molecule is CCCCC/C=C/CN(C)c1ccccc1. The molecule has 0 radical (unpaired) electrons. The van der Waals surface area contributed by atoms with E-state index in [2.05, 4.69) is 61.4 Å². The van der Waals surface area contributed by atoms with E-state index in [4.69, 9.17) is 0 Å². The minimum absolute atomic E-state index is 0.996. The zero-order chi connectivity index (χ0) is 11.6. The Labute approximate surface area is 99.8 Å². The lowest BCUT2D eigenvalue weighted by molar-refractivity contribution is 0.728. The Hall–Kier alpha value is -1.24. The standard InChI is InChI=1S/C15H23N/c1-3-4-5-6-7-11-14-16(2)15-12-9-8-10-13-15/h7-13H,3-6,14H2,1-2H3/b11-7+. The highest BCUT2D eigenvalue weighted by Gasteiger charge is 1.95. The predicted octanol–water partition coefficient (Wildman–Crippen LogP) is 4.26. The summed E-state index contributed by atoms with van der Waals surface area (Å²) in [5, 5.41) is 0. The first kappa shape index (κ1) is 12.8. The fraction of sp³-hybridized carbons (Fsp3) is 0.467. The van der Waals surface area contributed by atoms with Crippen LogP contribution in [-0.2, 0) is 0 Å². The van der Waals surface area contributed by atoms with E-state index in [9.17, 15) is 0 Å². The molecule has 0 aliphatic rings. The van der Waals surface area contributed by atoms with Gasteiger partial charge in [0.2, 0.25) is 0 Å². The summed E-state index contributed by atoms with van der Waals surface area (Å²) in [6.07, 6.45) is 9.76. The van der Waals surface area contributed by atoms with Crippen LogP contribution in [0.4, 0.5) is 5.69 Å². The molecule has 0 aliphatic carbocycles. The number of hydrogen-bond donors (Lipinski definition) is 0. The molecule has 0 amide bonds. The highest BCUT2D eigenvalue weighted by atomic mass is 15.1. The predicted molar refractivity (Wildman–Crippen MR) is 73.0 cm³/mol. The fourth-order valence-electron chi connectivity index (χ4n) is 1.65. The van der Waals surface area contributed by atoms with Crippen LogP contribution in [0.2, 0.25) is 0 Å². The summed E-state index contributed by atoms with van der Waals surface area (Å²) in [6.45, 7) is 3.24. The van der Waals surface area contributed by atoms with E-state index in [0.717, 1.165) is 6.54 Å². The highest BCUT2D eigenvalue weighted by molar-refractivity contribution is 5.45. The molecule has 88 valence electrons. The minimum Gasteiger partial charge on any atom is -0.371 e. The van der Waals surface area contributed by atoms with Crippen molar-refractivity contribution in [1.29, 1.82) is 0 Å². The number of anilines is 1. The maximum atomic E-state index is 2.30. The Kier molecular flexibility index (Phi) is 6.39. The van der Waals surface area contributed by atoms with Crippen molar-refractivity contribution in [2.75, 3.05) is 18.5 Å². The third-order valence-electron chi connectivity index (χ3n) is 2.72. The second kappa shape index (κ2) is 7.98. The van der Waals surface area contributed by atoms with Gasteiger partial charge in [-0.05, 0) is 25.0 Å². The lowest BCUT2D eigenvalue weighted by Gasteiger charge is -2.16. The molecule has 1 aromatic rings. The van der Waals surface area contributed by atoms with Crippen molar-refractivity contribution >= 4 is 5.69 Å². The van der Waals surface area contributed by atoms with Crippen molar-refractivity contribution < 1.29 is 0 Å². The van der Waals surface area contributed by atoms with Gasteiger partial charge in [-0.3, -0.25) is 0 Å². The van der Waals surface area contributed by atoms with E-state index in [0.29, 0.717) is 0 Å². The van der Waals surface area contributed by atoms with Crippen LogP contribution in [0.5, 0.6) is 0 Å². The van der Waals surface area contributed by atoms with Gasteiger partial charge in [-0.1, -0.05) is 50.1 Å². The summed E-state index contributed by atoms with van der Waals surface area (Å²) >= 11 is 0. The number of benzene rings is 1. The third-order valence-corrected chi connectivity index (χ3v) is 2.72. The Bertz CT molecular complexity index is 290. The van der Waals surface area contributed by atoms with Gasteiger partial charge in [-0.2, -0.15) is 0 Å². The van der Waals surface area contributed by atoms with Gasteiger partial charge in [0.25, 0.3) is 0 Å². The Balaban J connectivity index is 2.22. The van der Waals surface area contributed by atoms with Crippen LogP contribution in [0.1, 0.15) is 32.6 Å². The van der Waals surface area contributed by atoms with Gasteiger partial charge < -0.3 is 4.90 Å². The van der Waals surface area contributed by atoms with Crippen LogP contribution in [0.3, 0.4) is 0 Å². The Morgan fingerprint density at radius 2 is 1.81 bits per heavy atom. The molecule has 1 rings (SSSR count). The molecule has 16 heavy (non-hydrogen) atoms. The molecule has 0 aliphatic heterocycles. The maximum absolute atomic E-state index is 2.30. The first-order valence-corrected chi connectivity index (χ1v) is 6.25. The van der Waals surface area contributed by atoms with Crippen molar-refractivity contribution in [2.45, 2.75) is 32.6 Å². The first-order valence-electron chi connectivity index (χ1n) is 6.25. The molecule has 1 aromatic carbocycles. The van der Waals surface area contributed by atoms with Crippen molar-refractivity contribution in [3.8, 4) is 0 Å². The largest absolute Gasteiger partial charge is 0.371 e. The Morgan fingerprint density at radius 3 is 2.50 bits per heavy atom. The molecule has 0 bridgehead atoms. The summed E-state index contributed by atoms with van der Waals surface area (Å²) in [4.78, 5) is 2.26. The van der Waals surface area contributed by atoms with E-state index in [1.54, 1.807) is 0 Å². The number of para-hydroxylation sites is 1. The summed E-state index contributed by atoms with van der Waals surface area (Å²) in [6, 6.07) is 10.5. The normalized spacial score (nSPS) is 10.9. The molecule has 0 fully saturated rings. The van der Waals surface area contributed by atoms with E-state index >= 15 is 0 Å². The molecule has 1 nitrogen and oxygen atoms in total. The molecule has 0 unspecified atom stereocenters. The molecule has 0 spiro atoms. The summed E-state index contributed by atoms with van der Waals surface area (Å²) in [5.41, 5.74) is 1.28. The molecule has 0 saturated carbocycles. The zero-order valence-electron chi connectivity index (χ0n) is 10.5. The minimum atomic E-state index is 0.996. The zero-order valence-corrected chi connectivity index (χ0v) is 10.5. The van der Waals surface area contributed by atoms with Crippen molar-refractivity contribution in [1.82, 2.24) is 0 Å². The van der Waals surface area contributed by atoms with Gasteiger partial charge in [0.15, 0.2) is 0 Å². The number of hydrogen-bond acceptors (Lipinski definition) is 1. The lowest BCUT2D eigenvalue weighted by atomic mass is 10.2. The summed E-state index contributed by atoms with van der Waals surface area (Å²) < 4.78 is 0. The first-order chi connectivity index (χ1) is 7.84. The van der Waals surface area contributed by atoms with Crippen molar-refractivity contribution in [3.05, 3.63) is 42.5 Å².